The fourth-order valence-electron chi connectivity index (χ4n) is 5.63. The number of allylic oxidation sites excluding steroid dienone is 4. The van der Waals surface area contributed by atoms with Gasteiger partial charge in [0, 0.05) is 38.7 Å². The second-order valence-corrected chi connectivity index (χ2v) is 9.95. The number of hydrogen-bond acceptors (Lipinski definition) is 8. The Balaban J connectivity index is 1.25. The maximum Gasteiger partial charge on any atom is 0.317 e. The first-order valence-electron chi connectivity index (χ1n) is 12.7. The maximum atomic E-state index is 10.9. The van der Waals surface area contributed by atoms with E-state index in [9.17, 15) is 9.90 Å². The minimum atomic E-state index is -0.736. The molecule has 2 aromatic heterocycles. The van der Waals surface area contributed by atoms with Crippen molar-refractivity contribution in [1.29, 1.82) is 0 Å². The highest BCUT2D eigenvalue weighted by Crippen LogP contribution is 2.32. The molecule has 0 unspecified atom stereocenters. The van der Waals surface area contributed by atoms with Gasteiger partial charge in [-0.1, -0.05) is 12.2 Å². The molecule has 4 heterocycles. The quantitative estimate of drug-likeness (QED) is 0.548. The van der Waals surface area contributed by atoms with Crippen LogP contribution in [0.5, 0.6) is 0 Å². The molecule has 5 rings (SSSR count). The fraction of sp³-hybridized carbons (Fsp3) is 0.600. The zero-order chi connectivity index (χ0) is 24.4. The molecule has 0 saturated carbocycles. The van der Waals surface area contributed by atoms with E-state index in [1.54, 1.807) is 0 Å². The van der Waals surface area contributed by atoms with Crippen molar-refractivity contribution in [1.82, 2.24) is 29.8 Å². The number of anilines is 1. The molecule has 0 atom stereocenters. The molecule has 0 amide bonds. The monoisotopic (exact) mass is 481 g/mol. The zero-order valence-corrected chi connectivity index (χ0v) is 20.4. The summed E-state index contributed by atoms with van der Waals surface area (Å²) in [4.78, 5) is 15.5. The number of aliphatic hydroxyl groups excluding tert-OH is 1. The molecule has 0 aromatic carbocycles. The molecule has 2 aliphatic heterocycles. The Morgan fingerprint density at radius 2 is 1.86 bits per heavy atom. The van der Waals surface area contributed by atoms with E-state index in [1.807, 2.05) is 24.1 Å². The zero-order valence-electron chi connectivity index (χ0n) is 20.4. The highest BCUT2D eigenvalue weighted by molar-refractivity contribution is 5.88. The third kappa shape index (κ3) is 5.18. The largest absolute Gasteiger partial charge is 0.512 e. The summed E-state index contributed by atoms with van der Waals surface area (Å²) in [5, 5.41) is 36.2. The number of nitrogens with zero attached hydrogens (tertiary/aromatic N) is 6. The van der Waals surface area contributed by atoms with Gasteiger partial charge < -0.3 is 20.4 Å². The Bertz CT molecular complexity index is 1130. The number of likely N-dealkylation sites (tertiary alicyclic amines) is 2. The highest BCUT2D eigenvalue weighted by Gasteiger charge is 2.28. The third-order valence-corrected chi connectivity index (χ3v) is 7.59. The van der Waals surface area contributed by atoms with Crippen LogP contribution < -0.4 is 5.32 Å². The predicted molar refractivity (Wildman–Crippen MR) is 134 cm³/mol. The van der Waals surface area contributed by atoms with Crippen LogP contribution in [0.25, 0.3) is 16.6 Å². The Kier molecular flexibility index (Phi) is 7.01. The van der Waals surface area contributed by atoms with Crippen molar-refractivity contribution in [3.05, 3.63) is 29.7 Å². The highest BCUT2D eigenvalue weighted by atomic mass is 16.4. The number of rotatable bonds is 7. The van der Waals surface area contributed by atoms with Crippen molar-refractivity contribution in [2.45, 2.75) is 44.6 Å². The topological polar surface area (TPSA) is 120 Å². The molecule has 10 nitrogen and oxygen atoms in total. The summed E-state index contributed by atoms with van der Waals surface area (Å²) < 4.78 is 2.10. The van der Waals surface area contributed by atoms with Gasteiger partial charge in [-0.3, -0.25) is 14.4 Å². The van der Waals surface area contributed by atoms with E-state index in [1.165, 1.54) is 0 Å². The van der Waals surface area contributed by atoms with Crippen LogP contribution in [0.3, 0.4) is 0 Å². The van der Waals surface area contributed by atoms with Crippen molar-refractivity contribution >= 4 is 28.4 Å². The van der Waals surface area contributed by atoms with Gasteiger partial charge in [0.05, 0.1) is 23.8 Å². The van der Waals surface area contributed by atoms with Gasteiger partial charge in [0.2, 0.25) is 0 Å². The molecule has 35 heavy (non-hydrogen) atoms. The third-order valence-electron chi connectivity index (χ3n) is 7.59. The van der Waals surface area contributed by atoms with E-state index in [4.69, 9.17) is 10.2 Å². The minimum Gasteiger partial charge on any atom is -0.512 e. The van der Waals surface area contributed by atoms with Gasteiger partial charge in [-0.05, 0) is 57.2 Å². The number of piperidine rings is 2. The molecular weight excluding hydrogens is 446 g/mol. The summed E-state index contributed by atoms with van der Waals surface area (Å²) in [6.45, 7) is 5.05. The lowest BCUT2D eigenvalue weighted by atomic mass is 9.94. The summed E-state index contributed by atoms with van der Waals surface area (Å²) in [7, 11) is 1.85. The summed E-state index contributed by atoms with van der Waals surface area (Å²) in [5.74, 6) is 0.996. The number of nitrogens with one attached hydrogen (secondary N) is 1. The Morgan fingerprint density at radius 1 is 1.11 bits per heavy atom. The van der Waals surface area contributed by atoms with E-state index in [2.05, 4.69) is 31.2 Å². The van der Waals surface area contributed by atoms with Crippen LogP contribution in [0.2, 0.25) is 0 Å². The first-order valence-corrected chi connectivity index (χ1v) is 12.7. The molecule has 2 saturated heterocycles. The molecule has 2 fully saturated rings. The van der Waals surface area contributed by atoms with Gasteiger partial charge in [0.15, 0.2) is 11.3 Å². The average Bonchev–Trinajstić information content (AvgIpc) is 3.24. The van der Waals surface area contributed by atoms with Crippen LogP contribution in [-0.4, -0.2) is 92.3 Å². The lowest BCUT2D eigenvalue weighted by molar-refractivity contribution is -0.138. The number of carboxylic acids is 1. The van der Waals surface area contributed by atoms with E-state index < -0.39 is 5.97 Å². The van der Waals surface area contributed by atoms with Crippen LogP contribution in [0.15, 0.2) is 24.0 Å². The summed E-state index contributed by atoms with van der Waals surface area (Å²) >= 11 is 0. The van der Waals surface area contributed by atoms with Crippen LogP contribution >= 0.6 is 0 Å². The Labute approximate surface area is 205 Å². The van der Waals surface area contributed by atoms with Crippen molar-refractivity contribution in [3.8, 4) is 0 Å². The van der Waals surface area contributed by atoms with Crippen molar-refractivity contribution in [2.75, 3.05) is 51.6 Å². The molecule has 188 valence electrons. The van der Waals surface area contributed by atoms with Crippen LogP contribution in [0, 0.1) is 5.92 Å². The van der Waals surface area contributed by atoms with Gasteiger partial charge in [0.25, 0.3) is 0 Å². The molecule has 3 N–H and O–H groups in total. The van der Waals surface area contributed by atoms with E-state index in [-0.39, 0.29) is 12.6 Å². The molecular formula is C25H35N7O3. The van der Waals surface area contributed by atoms with Crippen molar-refractivity contribution < 1.29 is 15.0 Å². The SMILES string of the molecule is CNc1nn(C2CCN(CC3CCN(CC(=O)O)CC3)CC2)c2cc(C3=C(O)CCC=C3)nnc12. The molecule has 0 radical (unpaired) electrons. The number of aromatic nitrogens is 4. The van der Waals surface area contributed by atoms with Gasteiger partial charge in [-0.15, -0.1) is 10.2 Å². The number of aliphatic carboxylic acids is 1. The second-order valence-electron chi connectivity index (χ2n) is 9.95. The number of carboxylic acid groups (broad SMARTS) is 1. The molecule has 1 aliphatic carbocycles. The Morgan fingerprint density at radius 3 is 2.54 bits per heavy atom. The normalized spacial score (nSPS) is 21.2. The maximum absolute atomic E-state index is 10.9. The summed E-state index contributed by atoms with van der Waals surface area (Å²) in [5.41, 5.74) is 3.13. The fourth-order valence-corrected chi connectivity index (χ4v) is 5.63. The standard InChI is InChI=1S/C25H35N7O3/c1-26-25-24-21(14-20(27-28-24)19-4-2-3-5-22(19)33)32(29-25)18-8-12-30(13-9-18)15-17-6-10-31(11-7-17)16-23(34)35/h2,4,14,17-18,33H,3,5-13,15-16H2,1H3,(H,26,29)(H,34,35). The number of hydrogen-bond donors (Lipinski definition) is 3. The Hall–Kier alpha value is -2.98. The predicted octanol–water partition coefficient (Wildman–Crippen LogP) is 2.92. The molecule has 0 spiro atoms. The molecule has 3 aliphatic rings. The lowest BCUT2D eigenvalue weighted by Crippen LogP contribution is -2.43. The van der Waals surface area contributed by atoms with E-state index >= 15 is 0 Å². The molecule has 0 bridgehead atoms. The number of fused-ring (bicyclic) bond motifs is 1. The van der Waals surface area contributed by atoms with Gasteiger partial charge in [-0.2, -0.15) is 5.10 Å². The van der Waals surface area contributed by atoms with Crippen molar-refractivity contribution in [2.24, 2.45) is 5.92 Å². The van der Waals surface area contributed by atoms with Gasteiger partial charge >= 0.3 is 5.97 Å². The number of carbonyl (C=O) groups is 1. The first kappa shape index (κ1) is 23.7. The first-order chi connectivity index (χ1) is 17.0. The smallest absolute Gasteiger partial charge is 0.317 e. The lowest BCUT2D eigenvalue weighted by Gasteiger charge is -2.37. The van der Waals surface area contributed by atoms with Gasteiger partial charge in [0.1, 0.15) is 5.76 Å². The number of aliphatic hydroxyl groups is 1. The van der Waals surface area contributed by atoms with Crippen LogP contribution in [-0.2, 0) is 4.79 Å². The van der Waals surface area contributed by atoms with Gasteiger partial charge in [-0.25, -0.2) is 0 Å². The van der Waals surface area contributed by atoms with Crippen molar-refractivity contribution in [3.63, 3.8) is 0 Å². The summed E-state index contributed by atoms with van der Waals surface area (Å²) in [6.07, 6.45) is 9.63. The molecule has 10 heteroatoms. The summed E-state index contributed by atoms with van der Waals surface area (Å²) in [6, 6.07) is 2.30. The average molecular weight is 482 g/mol. The van der Waals surface area contributed by atoms with E-state index in [0.717, 1.165) is 87.3 Å². The second kappa shape index (κ2) is 10.3. The molecule has 2 aromatic rings. The van der Waals surface area contributed by atoms with Crippen LogP contribution in [0.1, 0.15) is 50.3 Å². The van der Waals surface area contributed by atoms with E-state index in [0.29, 0.717) is 23.8 Å². The minimum absolute atomic E-state index is 0.157. The van der Waals surface area contributed by atoms with Crippen LogP contribution in [0.4, 0.5) is 5.82 Å².